The molecule has 0 aliphatic carbocycles. The van der Waals surface area contributed by atoms with Crippen molar-refractivity contribution >= 4 is 16.7 Å². The molecule has 8 heteroatoms. The Hall–Kier alpha value is -2.39. The Kier molecular flexibility index (Phi) is 7.20. The maximum absolute atomic E-state index is 12.0. The highest BCUT2D eigenvalue weighted by Crippen LogP contribution is 2.50. The van der Waals surface area contributed by atoms with Crippen LogP contribution in [0, 0.1) is 0 Å². The van der Waals surface area contributed by atoms with E-state index < -0.39 is 29.8 Å². The number of rotatable bonds is 7. The monoisotopic (exact) mass is 475 g/mol. The Bertz CT molecular complexity index is 1060. The van der Waals surface area contributed by atoms with Crippen LogP contribution in [0.15, 0.2) is 24.3 Å². The molecule has 2 aromatic rings. The lowest BCUT2D eigenvalue weighted by molar-refractivity contribution is -0.206. The highest BCUT2D eigenvalue weighted by atomic mass is 16.6. The van der Waals surface area contributed by atoms with Gasteiger partial charge in [-0.2, -0.15) is 0 Å². The molecule has 2 unspecified atom stereocenters. The summed E-state index contributed by atoms with van der Waals surface area (Å²) in [5.74, 6) is 0.615. The summed E-state index contributed by atoms with van der Waals surface area (Å²) in [4.78, 5) is 12.0. The van der Waals surface area contributed by atoms with Crippen molar-refractivity contribution in [2.24, 2.45) is 0 Å². The number of carbonyl (C=O) groups is 1. The molecule has 1 heterocycles. The van der Waals surface area contributed by atoms with E-state index in [2.05, 4.69) is 5.32 Å². The summed E-state index contributed by atoms with van der Waals surface area (Å²) < 4.78 is 23.5. The third-order valence-electron chi connectivity index (χ3n) is 5.58. The number of esters is 1. The van der Waals surface area contributed by atoms with Crippen LogP contribution < -0.4 is 19.5 Å². The molecule has 0 saturated carbocycles. The molecule has 188 valence electrons. The van der Waals surface area contributed by atoms with E-state index in [1.54, 1.807) is 13.8 Å². The molecule has 0 radical (unpaired) electrons. The van der Waals surface area contributed by atoms with Crippen molar-refractivity contribution in [3.63, 3.8) is 0 Å². The molecule has 2 aromatic carbocycles. The Balaban J connectivity index is 2.05. The molecule has 0 saturated heterocycles. The summed E-state index contributed by atoms with van der Waals surface area (Å²) in [5.41, 5.74) is -1.38. The quantitative estimate of drug-likeness (QED) is 0.313. The van der Waals surface area contributed by atoms with Crippen LogP contribution in [0.2, 0.25) is 0 Å². The molecular formula is C26H37NO7. The predicted octanol–water partition coefficient (Wildman–Crippen LogP) is 4.03. The maximum Gasteiger partial charge on any atom is 0.308 e. The van der Waals surface area contributed by atoms with Crippen LogP contribution in [0.3, 0.4) is 0 Å². The Morgan fingerprint density at radius 3 is 2.29 bits per heavy atom. The minimum absolute atomic E-state index is 0.234. The second-order valence-electron chi connectivity index (χ2n) is 10.9. The zero-order chi connectivity index (χ0) is 25.5. The fourth-order valence-corrected chi connectivity index (χ4v) is 3.88. The molecule has 0 fully saturated rings. The lowest BCUT2D eigenvalue weighted by Gasteiger charge is -2.37. The Morgan fingerprint density at radius 2 is 1.71 bits per heavy atom. The topological polar surface area (TPSA) is 106 Å². The molecule has 0 amide bonds. The highest BCUT2D eigenvalue weighted by Gasteiger charge is 2.37. The first-order valence-corrected chi connectivity index (χ1v) is 11.5. The van der Waals surface area contributed by atoms with Crippen molar-refractivity contribution in [1.29, 1.82) is 0 Å². The Labute approximate surface area is 201 Å². The van der Waals surface area contributed by atoms with E-state index in [0.29, 0.717) is 17.6 Å². The number of benzene rings is 2. The van der Waals surface area contributed by atoms with Crippen LogP contribution in [-0.4, -0.2) is 45.6 Å². The summed E-state index contributed by atoms with van der Waals surface area (Å²) in [6.45, 7) is 14.1. The number of aliphatic hydroxyl groups excluding tert-OH is 2. The smallest absolute Gasteiger partial charge is 0.308 e. The maximum atomic E-state index is 12.0. The third kappa shape index (κ3) is 5.99. The van der Waals surface area contributed by atoms with E-state index in [4.69, 9.17) is 18.9 Å². The van der Waals surface area contributed by atoms with E-state index >= 15 is 0 Å². The minimum atomic E-state index is -1.43. The molecule has 1 aliphatic rings. The molecule has 1 aliphatic heterocycles. The van der Waals surface area contributed by atoms with Crippen molar-refractivity contribution in [3.8, 4) is 17.2 Å². The van der Waals surface area contributed by atoms with Gasteiger partial charge in [0, 0.05) is 23.3 Å². The molecule has 0 spiro atoms. The van der Waals surface area contributed by atoms with Crippen LogP contribution in [0.4, 0.5) is 0 Å². The highest BCUT2D eigenvalue weighted by molar-refractivity contribution is 5.98. The molecule has 0 bridgehead atoms. The predicted molar refractivity (Wildman–Crippen MR) is 129 cm³/mol. The number of carbonyl (C=O) groups excluding carboxylic acids is 1. The van der Waals surface area contributed by atoms with Gasteiger partial charge < -0.3 is 29.2 Å². The lowest BCUT2D eigenvalue weighted by atomic mass is 9.91. The van der Waals surface area contributed by atoms with E-state index in [9.17, 15) is 15.0 Å². The van der Waals surface area contributed by atoms with Crippen molar-refractivity contribution in [2.45, 2.75) is 97.7 Å². The molecule has 0 aromatic heterocycles. The molecular weight excluding hydrogens is 438 g/mol. The number of fused-ring (bicyclic) bond motifs is 3. The fraction of sp³-hybridized carbons (Fsp3) is 0.577. The first-order valence-electron chi connectivity index (χ1n) is 11.5. The van der Waals surface area contributed by atoms with E-state index in [-0.39, 0.29) is 17.1 Å². The van der Waals surface area contributed by atoms with Gasteiger partial charge in [0.1, 0.15) is 11.4 Å². The average molecular weight is 476 g/mol. The zero-order valence-electron chi connectivity index (χ0n) is 21.3. The van der Waals surface area contributed by atoms with E-state index in [0.717, 1.165) is 17.4 Å². The van der Waals surface area contributed by atoms with Crippen LogP contribution in [0.25, 0.3) is 10.8 Å². The fourth-order valence-electron chi connectivity index (χ4n) is 3.88. The van der Waals surface area contributed by atoms with Gasteiger partial charge >= 0.3 is 5.97 Å². The number of hydrogen-bond donors (Lipinski definition) is 3. The summed E-state index contributed by atoms with van der Waals surface area (Å²) in [6.07, 6.45) is -1.43. The summed E-state index contributed by atoms with van der Waals surface area (Å²) in [7, 11) is 0. The van der Waals surface area contributed by atoms with Gasteiger partial charge in [-0.3, -0.25) is 10.1 Å². The molecule has 8 nitrogen and oxygen atoms in total. The molecule has 34 heavy (non-hydrogen) atoms. The summed E-state index contributed by atoms with van der Waals surface area (Å²) in [5, 5.41) is 25.6. The van der Waals surface area contributed by atoms with Gasteiger partial charge in [0.25, 0.3) is 0 Å². The molecule has 2 atom stereocenters. The first kappa shape index (κ1) is 26.2. The van der Waals surface area contributed by atoms with Crippen LogP contribution in [0.5, 0.6) is 17.2 Å². The van der Waals surface area contributed by atoms with Crippen LogP contribution in [0.1, 0.15) is 67.4 Å². The van der Waals surface area contributed by atoms with Crippen molar-refractivity contribution in [1.82, 2.24) is 5.32 Å². The number of nitrogens with one attached hydrogen (secondary N) is 1. The third-order valence-corrected chi connectivity index (χ3v) is 5.58. The van der Waals surface area contributed by atoms with Gasteiger partial charge in [0.15, 0.2) is 11.5 Å². The Morgan fingerprint density at radius 1 is 1.09 bits per heavy atom. The SMILES string of the molecule is CC(=O)Oc1c2c(c3ccccc3c1OC(O)C(C)(C)NC(O)OC(C)(C)C)OC(C)(C)CC2. The lowest BCUT2D eigenvalue weighted by Crippen LogP contribution is -2.57. The van der Waals surface area contributed by atoms with Gasteiger partial charge in [-0.05, 0) is 61.3 Å². The molecule has 3 N–H and O–H groups in total. The normalized spacial score (nSPS) is 17.5. The second kappa shape index (κ2) is 9.34. The van der Waals surface area contributed by atoms with Crippen LogP contribution >= 0.6 is 0 Å². The average Bonchev–Trinajstić information content (AvgIpc) is 2.67. The zero-order valence-corrected chi connectivity index (χ0v) is 21.3. The van der Waals surface area contributed by atoms with Gasteiger partial charge in [0.2, 0.25) is 12.7 Å². The number of ether oxygens (including phenoxy) is 4. The van der Waals surface area contributed by atoms with Gasteiger partial charge in [0.05, 0.1) is 11.1 Å². The number of hydrogen-bond acceptors (Lipinski definition) is 8. The number of aliphatic hydroxyl groups is 2. The van der Waals surface area contributed by atoms with E-state index in [1.165, 1.54) is 6.92 Å². The standard InChI is InChI=1S/C26H37NO7/c1-15(28)31-21-18-13-14-25(5,6)33-19(18)16-11-9-10-12-17(16)20(21)32-22(29)26(7,8)27-23(30)34-24(2,3)4/h9-12,22-23,27,29-30H,13-14H2,1-8H3. The minimum Gasteiger partial charge on any atom is -0.487 e. The molecule has 3 rings (SSSR count). The van der Waals surface area contributed by atoms with Crippen molar-refractivity contribution in [3.05, 3.63) is 29.8 Å². The van der Waals surface area contributed by atoms with Crippen molar-refractivity contribution in [2.75, 3.05) is 0 Å². The largest absolute Gasteiger partial charge is 0.487 e. The van der Waals surface area contributed by atoms with Gasteiger partial charge in [-0.1, -0.05) is 24.3 Å². The van der Waals surface area contributed by atoms with Gasteiger partial charge in [-0.15, -0.1) is 0 Å². The van der Waals surface area contributed by atoms with Crippen molar-refractivity contribution < 1.29 is 34.0 Å². The summed E-state index contributed by atoms with van der Waals surface area (Å²) in [6, 6.07) is 7.47. The summed E-state index contributed by atoms with van der Waals surface area (Å²) >= 11 is 0. The van der Waals surface area contributed by atoms with Crippen LogP contribution in [-0.2, 0) is 16.0 Å². The van der Waals surface area contributed by atoms with Gasteiger partial charge in [-0.25, -0.2) is 0 Å². The van der Waals surface area contributed by atoms with E-state index in [1.807, 2.05) is 58.9 Å². The first-order chi connectivity index (χ1) is 15.6. The second-order valence-corrected chi connectivity index (χ2v) is 10.9.